The summed E-state index contributed by atoms with van der Waals surface area (Å²) in [6.07, 6.45) is 1.06. The highest BCUT2D eigenvalue weighted by molar-refractivity contribution is 5.98. The van der Waals surface area contributed by atoms with Gasteiger partial charge in [-0.25, -0.2) is 9.31 Å². The molecular weight excluding hydrogens is 458 g/mol. The van der Waals surface area contributed by atoms with Crippen molar-refractivity contribution in [2.24, 2.45) is 5.73 Å². The standard InChI is InChI=1S/C27H29N5O4/c1-27(2,3)36-26(34)31-15-7-10-21-20(16-31)25-29-22(23(24(28)33)32(25)30-21)17-11-13-19(14-12-17)35-18-8-5-4-6-9-18/h4-6,8-9,11-14,29H,7,10,15-16H2,1-3H3,(H2,28,33). The number of carbonyl (C=O) groups excluding carboxylic acids is 2. The minimum atomic E-state index is -0.595. The first-order valence-corrected chi connectivity index (χ1v) is 11.9. The zero-order valence-electron chi connectivity index (χ0n) is 20.6. The van der Waals surface area contributed by atoms with Crippen LogP contribution in [0.15, 0.2) is 54.6 Å². The third kappa shape index (κ3) is 4.64. The molecule has 0 atom stereocenters. The Labute approximate surface area is 208 Å². The van der Waals surface area contributed by atoms with Gasteiger partial charge in [-0.2, -0.15) is 5.10 Å². The van der Waals surface area contributed by atoms with Crippen LogP contribution in [-0.2, 0) is 17.7 Å². The molecule has 9 nitrogen and oxygen atoms in total. The Hall–Kier alpha value is -4.27. The number of carbonyl (C=O) groups is 2. The summed E-state index contributed by atoms with van der Waals surface area (Å²) >= 11 is 0. The molecule has 1 aliphatic heterocycles. The van der Waals surface area contributed by atoms with Crippen LogP contribution in [0, 0.1) is 0 Å². The topological polar surface area (TPSA) is 115 Å². The predicted molar refractivity (Wildman–Crippen MR) is 135 cm³/mol. The van der Waals surface area contributed by atoms with Crippen LogP contribution < -0.4 is 10.5 Å². The van der Waals surface area contributed by atoms with Crippen LogP contribution >= 0.6 is 0 Å². The fraction of sp³-hybridized carbons (Fsp3) is 0.296. The Bertz CT molecular complexity index is 1410. The molecular formula is C27H29N5O4. The molecule has 0 bridgehead atoms. The Balaban J connectivity index is 1.49. The van der Waals surface area contributed by atoms with Gasteiger partial charge < -0.3 is 25.1 Å². The average molecular weight is 488 g/mol. The van der Waals surface area contributed by atoms with Crippen molar-refractivity contribution in [2.45, 2.75) is 45.8 Å². The number of nitrogens with zero attached hydrogens (tertiary/aromatic N) is 3. The molecule has 0 radical (unpaired) electrons. The molecule has 0 fully saturated rings. The minimum absolute atomic E-state index is 0.263. The van der Waals surface area contributed by atoms with E-state index in [9.17, 15) is 9.59 Å². The van der Waals surface area contributed by atoms with Gasteiger partial charge in [0.1, 0.15) is 22.7 Å². The van der Waals surface area contributed by atoms with Crippen molar-refractivity contribution in [3.8, 4) is 22.8 Å². The zero-order valence-corrected chi connectivity index (χ0v) is 20.6. The van der Waals surface area contributed by atoms with E-state index in [0.29, 0.717) is 36.6 Å². The predicted octanol–water partition coefficient (Wildman–Crippen LogP) is 4.90. The van der Waals surface area contributed by atoms with Gasteiger partial charge in [0.05, 0.1) is 17.9 Å². The lowest BCUT2D eigenvalue weighted by molar-refractivity contribution is 0.0237. The number of aryl methyl sites for hydroxylation is 1. The van der Waals surface area contributed by atoms with E-state index in [1.807, 2.05) is 75.4 Å². The summed E-state index contributed by atoms with van der Waals surface area (Å²) in [6, 6.07) is 16.9. The fourth-order valence-corrected chi connectivity index (χ4v) is 4.38. The van der Waals surface area contributed by atoms with Crippen molar-refractivity contribution >= 4 is 17.6 Å². The van der Waals surface area contributed by atoms with Crippen molar-refractivity contribution < 1.29 is 19.1 Å². The number of H-pyrrole nitrogens is 1. The summed E-state index contributed by atoms with van der Waals surface area (Å²) in [5, 5.41) is 4.70. The van der Waals surface area contributed by atoms with E-state index in [1.165, 1.54) is 0 Å². The highest BCUT2D eigenvalue weighted by Crippen LogP contribution is 2.31. The lowest BCUT2D eigenvalue weighted by Gasteiger charge is -2.26. The van der Waals surface area contributed by atoms with E-state index >= 15 is 0 Å². The van der Waals surface area contributed by atoms with Crippen molar-refractivity contribution in [2.75, 3.05) is 6.54 Å². The number of primary amides is 1. The van der Waals surface area contributed by atoms with Gasteiger partial charge in [-0.15, -0.1) is 0 Å². The molecule has 3 heterocycles. The number of hydrogen-bond donors (Lipinski definition) is 2. The lowest BCUT2D eigenvalue weighted by Crippen LogP contribution is -2.36. The number of imidazole rings is 1. The SMILES string of the molecule is CC(C)(C)OC(=O)N1CCCc2nn3c(C(N)=O)c(-c4ccc(Oc5ccccc5)cc4)[nH]c3c2C1. The van der Waals surface area contributed by atoms with Crippen molar-refractivity contribution in [1.82, 2.24) is 19.5 Å². The molecule has 2 aromatic carbocycles. The summed E-state index contributed by atoms with van der Waals surface area (Å²) in [4.78, 5) is 30.3. The Morgan fingerprint density at radius 1 is 1.03 bits per heavy atom. The number of ether oxygens (including phenoxy) is 2. The zero-order chi connectivity index (χ0) is 25.4. The Morgan fingerprint density at radius 2 is 1.72 bits per heavy atom. The second-order valence-electron chi connectivity index (χ2n) is 9.84. The van der Waals surface area contributed by atoms with Gasteiger partial charge in [0.2, 0.25) is 0 Å². The van der Waals surface area contributed by atoms with Crippen molar-refractivity contribution in [1.29, 1.82) is 0 Å². The van der Waals surface area contributed by atoms with Gasteiger partial charge in [-0.05, 0) is 70.0 Å². The molecule has 9 heteroatoms. The van der Waals surface area contributed by atoms with E-state index in [2.05, 4.69) is 4.98 Å². The maximum Gasteiger partial charge on any atom is 0.410 e. The smallest absolute Gasteiger partial charge is 0.410 e. The van der Waals surface area contributed by atoms with Crippen LogP contribution in [0.2, 0.25) is 0 Å². The number of para-hydroxylation sites is 1. The first-order valence-electron chi connectivity index (χ1n) is 11.9. The summed E-state index contributed by atoms with van der Waals surface area (Å²) < 4.78 is 13.0. The van der Waals surface area contributed by atoms with E-state index in [1.54, 1.807) is 9.42 Å². The monoisotopic (exact) mass is 487 g/mol. The highest BCUT2D eigenvalue weighted by Gasteiger charge is 2.30. The van der Waals surface area contributed by atoms with Crippen LogP contribution in [0.1, 0.15) is 48.9 Å². The van der Waals surface area contributed by atoms with E-state index in [4.69, 9.17) is 20.3 Å². The van der Waals surface area contributed by atoms with Gasteiger partial charge in [-0.1, -0.05) is 18.2 Å². The van der Waals surface area contributed by atoms with Crippen LogP contribution in [0.3, 0.4) is 0 Å². The summed E-state index contributed by atoms with van der Waals surface area (Å²) in [5.41, 5.74) is 9.15. The number of hydrogen-bond acceptors (Lipinski definition) is 5. The maximum absolute atomic E-state index is 12.8. The summed E-state index contributed by atoms with van der Waals surface area (Å²) in [5.74, 6) is 0.810. The second-order valence-corrected chi connectivity index (χ2v) is 9.84. The molecule has 0 unspecified atom stereocenters. The number of aromatic nitrogens is 3. The molecule has 36 heavy (non-hydrogen) atoms. The van der Waals surface area contributed by atoms with Crippen LogP contribution in [0.4, 0.5) is 4.79 Å². The number of aromatic amines is 1. The van der Waals surface area contributed by atoms with Crippen molar-refractivity contribution in [3.05, 3.63) is 71.5 Å². The number of nitrogens with one attached hydrogen (secondary N) is 1. The van der Waals surface area contributed by atoms with E-state index < -0.39 is 11.5 Å². The first-order chi connectivity index (χ1) is 17.2. The third-order valence-corrected chi connectivity index (χ3v) is 5.96. The molecule has 1 aliphatic rings. The quantitative estimate of drug-likeness (QED) is 0.425. The summed E-state index contributed by atoms with van der Waals surface area (Å²) in [6.45, 7) is 6.43. The average Bonchev–Trinajstić information content (AvgIpc) is 3.26. The maximum atomic E-state index is 12.8. The van der Waals surface area contributed by atoms with Gasteiger partial charge in [0.25, 0.3) is 5.91 Å². The molecule has 186 valence electrons. The molecule has 0 aliphatic carbocycles. The summed E-state index contributed by atoms with van der Waals surface area (Å²) in [7, 11) is 0. The normalized spacial score (nSPS) is 13.8. The molecule has 0 saturated carbocycles. The van der Waals surface area contributed by atoms with Crippen LogP contribution in [0.5, 0.6) is 11.5 Å². The molecule has 0 saturated heterocycles. The van der Waals surface area contributed by atoms with Crippen LogP contribution in [0.25, 0.3) is 16.9 Å². The Kier molecular flexibility index (Phi) is 5.91. The molecule has 2 aromatic heterocycles. The van der Waals surface area contributed by atoms with Gasteiger partial charge in [-0.3, -0.25) is 4.79 Å². The number of fused-ring (bicyclic) bond motifs is 3. The number of amides is 2. The number of rotatable bonds is 4. The van der Waals surface area contributed by atoms with E-state index in [-0.39, 0.29) is 11.8 Å². The minimum Gasteiger partial charge on any atom is -0.457 e. The van der Waals surface area contributed by atoms with Gasteiger partial charge >= 0.3 is 6.09 Å². The highest BCUT2D eigenvalue weighted by atomic mass is 16.6. The Morgan fingerprint density at radius 3 is 2.39 bits per heavy atom. The van der Waals surface area contributed by atoms with Crippen molar-refractivity contribution in [3.63, 3.8) is 0 Å². The largest absolute Gasteiger partial charge is 0.457 e. The molecule has 3 N–H and O–H groups in total. The van der Waals surface area contributed by atoms with Gasteiger partial charge in [0.15, 0.2) is 5.69 Å². The molecule has 0 spiro atoms. The molecule has 2 amide bonds. The second kappa shape index (κ2) is 9.07. The third-order valence-electron chi connectivity index (χ3n) is 5.96. The first kappa shape index (κ1) is 23.5. The molecule has 5 rings (SSSR count). The lowest BCUT2D eigenvalue weighted by atomic mass is 10.1. The number of benzene rings is 2. The molecule has 4 aromatic rings. The van der Waals surface area contributed by atoms with E-state index in [0.717, 1.165) is 29.0 Å². The van der Waals surface area contributed by atoms with Gasteiger partial charge in [0, 0.05) is 17.7 Å². The fourth-order valence-electron chi connectivity index (χ4n) is 4.38. The van der Waals surface area contributed by atoms with Crippen LogP contribution in [-0.4, -0.2) is 43.6 Å². The number of nitrogens with two attached hydrogens (primary N) is 1.